The topological polar surface area (TPSA) is 29.1 Å². The fourth-order valence-electron chi connectivity index (χ4n) is 2.60. The van der Waals surface area contributed by atoms with Gasteiger partial charge in [0.2, 0.25) is 0 Å². The maximum absolute atomic E-state index is 13.9. The van der Waals surface area contributed by atoms with Crippen molar-refractivity contribution >= 4 is 17.2 Å². The van der Waals surface area contributed by atoms with Gasteiger partial charge in [-0.05, 0) is 41.1 Å². The van der Waals surface area contributed by atoms with Crippen molar-refractivity contribution in [2.75, 3.05) is 0 Å². The summed E-state index contributed by atoms with van der Waals surface area (Å²) in [4.78, 5) is 13.5. The van der Waals surface area contributed by atoms with Crippen LogP contribution in [-0.2, 0) is 6.42 Å². The van der Waals surface area contributed by atoms with Gasteiger partial charge in [-0.25, -0.2) is 8.78 Å². The molecule has 0 saturated heterocycles. The van der Waals surface area contributed by atoms with Gasteiger partial charge < -0.3 is 5.32 Å². The molecule has 3 aromatic rings. The van der Waals surface area contributed by atoms with Gasteiger partial charge in [0.05, 0.1) is 11.6 Å². The molecule has 0 aliphatic carbocycles. The standard InChI is InChI=1S/C20H17F2NOS/c1-2-13-5-7-14(8-6-13)19(18-4-3-11-25-18)23-20(24)16-10-9-15(21)12-17(16)22/h3-12,19H,2H2,1H3,(H,23,24). The Balaban J connectivity index is 1.91. The molecule has 1 atom stereocenters. The largest absolute Gasteiger partial charge is 0.340 e. The SMILES string of the molecule is CCc1ccc(C(NC(=O)c2ccc(F)cc2F)c2cccs2)cc1. The zero-order chi connectivity index (χ0) is 17.8. The average molecular weight is 357 g/mol. The second-order valence-corrected chi connectivity index (χ2v) is 6.62. The third-order valence-electron chi connectivity index (χ3n) is 4.00. The number of carbonyl (C=O) groups is 1. The predicted octanol–water partition coefficient (Wildman–Crippen LogP) is 5.11. The molecule has 0 fully saturated rings. The molecule has 25 heavy (non-hydrogen) atoms. The van der Waals surface area contributed by atoms with Gasteiger partial charge in [-0.3, -0.25) is 4.79 Å². The Morgan fingerprint density at radius 2 is 1.88 bits per heavy atom. The minimum absolute atomic E-state index is 0.173. The lowest BCUT2D eigenvalue weighted by Crippen LogP contribution is -2.29. The molecule has 0 radical (unpaired) electrons. The molecule has 0 bridgehead atoms. The first kappa shape index (κ1) is 17.3. The number of benzene rings is 2. The molecule has 128 valence electrons. The average Bonchev–Trinajstić information content (AvgIpc) is 3.14. The highest BCUT2D eigenvalue weighted by molar-refractivity contribution is 7.10. The number of rotatable bonds is 5. The van der Waals surface area contributed by atoms with Gasteiger partial charge in [0.1, 0.15) is 11.6 Å². The molecule has 2 nitrogen and oxygen atoms in total. The minimum atomic E-state index is -0.872. The van der Waals surface area contributed by atoms with Crippen molar-refractivity contribution in [2.45, 2.75) is 19.4 Å². The lowest BCUT2D eigenvalue weighted by Gasteiger charge is -2.19. The summed E-state index contributed by atoms with van der Waals surface area (Å²) in [5.74, 6) is -2.15. The fourth-order valence-corrected chi connectivity index (χ4v) is 3.41. The Morgan fingerprint density at radius 1 is 1.12 bits per heavy atom. The van der Waals surface area contributed by atoms with E-state index in [-0.39, 0.29) is 11.6 Å². The van der Waals surface area contributed by atoms with E-state index in [1.165, 1.54) is 16.9 Å². The van der Waals surface area contributed by atoms with Crippen LogP contribution in [-0.4, -0.2) is 5.91 Å². The summed E-state index contributed by atoms with van der Waals surface area (Å²) >= 11 is 1.51. The number of hydrogen-bond donors (Lipinski definition) is 1. The van der Waals surface area contributed by atoms with Gasteiger partial charge in [-0.15, -0.1) is 11.3 Å². The van der Waals surface area contributed by atoms with E-state index < -0.39 is 17.5 Å². The molecule has 1 N–H and O–H groups in total. The van der Waals surface area contributed by atoms with Gasteiger partial charge in [-0.2, -0.15) is 0 Å². The summed E-state index contributed by atoms with van der Waals surface area (Å²) in [6, 6.07) is 14.3. The third-order valence-corrected chi connectivity index (χ3v) is 4.94. The highest BCUT2D eigenvalue weighted by Crippen LogP contribution is 2.27. The van der Waals surface area contributed by atoms with E-state index >= 15 is 0 Å². The molecule has 2 aromatic carbocycles. The first-order valence-corrected chi connectivity index (χ1v) is 8.84. The number of thiophene rings is 1. The lowest BCUT2D eigenvalue weighted by molar-refractivity contribution is 0.0939. The van der Waals surface area contributed by atoms with Crippen LogP contribution in [0.3, 0.4) is 0 Å². The normalized spacial score (nSPS) is 12.0. The summed E-state index contributed by atoms with van der Waals surface area (Å²) in [7, 11) is 0. The Labute approximate surface area is 149 Å². The summed E-state index contributed by atoms with van der Waals surface area (Å²) in [5.41, 5.74) is 1.94. The van der Waals surface area contributed by atoms with Crippen LogP contribution in [0.25, 0.3) is 0 Å². The van der Waals surface area contributed by atoms with Gasteiger partial charge in [0, 0.05) is 10.9 Å². The maximum atomic E-state index is 13.9. The van der Waals surface area contributed by atoms with Crippen LogP contribution in [0.4, 0.5) is 8.78 Å². The Bertz CT molecular complexity index is 860. The molecule has 1 heterocycles. The fraction of sp³-hybridized carbons (Fsp3) is 0.150. The summed E-state index contributed by atoms with van der Waals surface area (Å²) < 4.78 is 27.0. The van der Waals surface area contributed by atoms with E-state index in [1.807, 2.05) is 41.8 Å². The van der Waals surface area contributed by atoms with Gasteiger partial charge in [0.15, 0.2) is 0 Å². The van der Waals surface area contributed by atoms with Crippen molar-refractivity contribution in [1.82, 2.24) is 5.32 Å². The minimum Gasteiger partial charge on any atom is -0.340 e. The molecule has 0 aliphatic heterocycles. The van der Waals surface area contributed by atoms with Gasteiger partial charge >= 0.3 is 0 Å². The lowest BCUT2D eigenvalue weighted by atomic mass is 10.0. The first-order chi connectivity index (χ1) is 12.1. The second-order valence-electron chi connectivity index (χ2n) is 5.64. The van der Waals surface area contributed by atoms with Crippen LogP contribution in [0, 0.1) is 11.6 Å². The molecule has 0 saturated carbocycles. The second kappa shape index (κ2) is 7.57. The van der Waals surface area contributed by atoms with Crippen molar-refractivity contribution in [3.63, 3.8) is 0 Å². The Hall–Kier alpha value is -2.53. The van der Waals surface area contributed by atoms with Crippen LogP contribution in [0.5, 0.6) is 0 Å². The zero-order valence-electron chi connectivity index (χ0n) is 13.6. The van der Waals surface area contributed by atoms with Crippen molar-refractivity contribution in [1.29, 1.82) is 0 Å². The molecule has 0 aliphatic rings. The van der Waals surface area contributed by atoms with Gasteiger partial charge in [-0.1, -0.05) is 37.3 Å². The molecular formula is C20H17F2NOS. The highest BCUT2D eigenvalue weighted by Gasteiger charge is 2.21. The van der Waals surface area contributed by atoms with Crippen LogP contribution in [0.1, 0.15) is 39.3 Å². The highest BCUT2D eigenvalue weighted by atomic mass is 32.1. The number of hydrogen-bond acceptors (Lipinski definition) is 2. The van der Waals surface area contributed by atoms with Crippen LogP contribution in [0.15, 0.2) is 60.0 Å². The molecular weight excluding hydrogens is 340 g/mol. The van der Waals surface area contributed by atoms with E-state index in [1.54, 1.807) is 0 Å². The molecule has 0 spiro atoms. The predicted molar refractivity (Wildman–Crippen MR) is 95.8 cm³/mol. The van der Waals surface area contributed by atoms with Gasteiger partial charge in [0.25, 0.3) is 5.91 Å². The van der Waals surface area contributed by atoms with E-state index in [9.17, 15) is 13.6 Å². The summed E-state index contributed by atoms with van der Waals surface area (Å²) in [6.07, 6.45) is 0.928. The number of nitrogens with one attached hydrogen (secondary N) is 1. The monoisotopic (exact) mass is 357 g/mol. The number of amides is 1. The third kappa shape index (κ3) is 3.94. The van der Waals surface area contributed by atoms with E-state index in [0.717, 1.165) is 29.0 Å². The zero-order valence-corrected chi connectivity index (χ0v) is 14.4. The maximum Gasteiger partial charge on any atom is 0.255 e. The Morgan fingerprint density at radius 3 is 2.48 bits per heavy atom. The first-order valence-electron chi connectivity index (χ1n) is 7.96. The molecule has 3 rings (SSSR count). The molecule has 1 unspecified atom stereocenters. The van der Waals surface area contributed by atoms with Crippen molar-refractivity contribution in [2.24, 2.45) is 0 Å². The van der Waals surface area contributed by atoms with Crippen LogP contribution in [0.2, 0.25) is 0 Å². The molecule has 1 amide bonds. The van der Waals surface area contributed by atoms with Crippen molar-refractivity contribution in [3.05, 3.63) is 93.2 Å². The van der Waals surface area contributed by atoms with Crippen LogP contribution < -0.4 is 5.32 Å². The Kier molecular flexibility index (Phi) is 5.24. The molecule has 1 aromatic heterocycles. The summed E-state index contributed by atoms with van der Waals surface area (Å²) in [5, 5.41) is 4.78. The number of carbonyl (C=O) groups excluding carboxylic acids is 1. The summed E-state index contributed by atoms with van der Waals surface area (Å²) in [6.45, 7) is 2.07. The van der Waals surface area contributed by atoms with Crippen molar-refractivity contribution < 1.29 is 13.6 Å². The number of aryl methyl sites for hydroxylation is 1. The quantitative estimate of drug-likeness (QED) is 0.676. The van der Waals surface area contributed by atoms with Crippen LogP contribution >= 0.6 is 11.3 Å². The molecule has 5 heteroatoms. The van der Waals surface area contributed by atoms with E-state index in [2.05, 4.69) is 12.2 Å². The smallest absolute Gasteiger partial charge is 0.255 e. The van der Waals surface area contributed by atoms with E-state index in [4.69, 9.17) is 0 Å². The number of halogens is 2. The van der Waals surface area contributed by atoms with Crippen molar-refractivity contribution in [3.8, 4) is 0 Å². The van der Waals surface area contributed by atoms with E-state index in [0.29, 0.717) is 6.07 Å².